The lowest BCUT2D eigenvalue weighted by atomic mass is 10.1. The summed E-state index contributed by atoms with van der Waals surface area (Å²) in [5.41, 5.74) is 3.75. The Morgan fingerprint density at radius 2 is 1.54 bits per heavy atom. The largest absolute Gasteiger partial charge is 0.491 e. The molecule has 2 aromatic rings. The summed E-state index contributed by atoms with van der Waals surface area (Å²) in [6, 6.07) is 13.2. The van der Waals surface area contributed by atoms with Crippen LogP contribution in [0.1, 0.15) is 107 Å². The molecule has 2 aromatic carbocycles. The van der Waals surface area contributed by atoms with Gasteiger partial charge in [-0.3, -0.25) is 4.79 Å². The van der Waals surface area contributed by atoms with E-state index in [1.807, 2.05) is 42.1 Å². The van der Waals surface area contributed by atoms with Gasteiger partial charge in [-0.15, -0.1) is 28.7 Å². The third-order valence-electron chi connectivity index (χ3n) is 7.02. The van der Waals surface area contributed by atoms with Crippen LogP contribution in [0.5, 0.6) is 5.75 Å². The number of carbonyl (C=O) groups excluding carboxylic acids is 1. The molecular formula is C32H46BrClN2O2S. The van der Waals surface area contributed by atoms with Crippen molar-refractivity contribution in [1.82, 2.24) is 4.90 Å². The highest BCUT2D eigenvalue weighted by Gasteiger charge is 2.14. The Morgan fingerprint density at radius 3 is 2.13 bits per heavy atom. The molecule has 1 amide bonds. The van der Waals surface area contributed by atoms with Gasteiger partial charge in [0.05, 0.1) is 18.2 Å². The van der Waals surface area contributed by atoms with Gasteiger partial charge in [-0.1, -0.05) is 101 Å². The van der Waals surface area contributed by atoms with E-state index in [4.69, 9.17) is 16.3 Å². The van der Waals surface area contributed by atoms with Crippen molar-refractivity contribution < 1.29 is 9.53 Å². The monoisotopic (exact) mass is 636 g/mol. The predicted molar refractivity (Wildman–Crippen MR) is 175 cm³/mol. The number of carbonyl (C=O) groups is 1. The number of halogens is 2. The van der Waals surface area contributed by atoms with E-state index in [9.17, 15) is 4.79 Å². The summed E-state index contributed by atoms with van der Waals surface area (Å²) in [5, 5.41) is 5.79. The highest BCUT2D eigenvalue weighted by molar-refractivity contribution is 8.93. The Kier molecular flexibility index (Phi) is 16.7. The summed E-state index contributed by atoms with van der Waals surface area (Å²) in [6.45, 7) is 5.88. The third kappa shape index (κ3) is 12.6. The quantitative estimate of drug-likeness (QED) is 0.165. The lowest BCUT2D eigenvalue weighted by molar-refractivity contribution is 0.102. The second-order valence-corrected chi connectivity index (χ2v) is 11.5. The predicted octanol–water partition coefficient (Wildman–Crippen LogP) is 10.6. The van der Waals surface area contributed by atoms with Crippen LogP contribution < -0.4 is 10.1 Å². The number of anilines is 1. The maximum atomic E-state index is 12.9. The van der Waals surface area contributed by atoms with E-state index in [0.29, 0.717) is 28.6 Å². The zero-order chi connectivity index (χ0) is 27.0. The summed E-state index contributed by atoms with van der Waals surface area (Å²) in [6.07, 6.45) is 15.7. The average Bonchev–Trinajstić information content (AvgIpc) is 3.32. The molecular weight excluding hydrogens is 592 g/mol. The van der Waals surface area contributed by atoms with E-state index in [0.717, 1.165) is 25.3 Å². The van der Waals surface area contributed by atoms with Gasteiger partial charge in [0, 0.05) is 28.9 Å². The van der Waals surface area contributed by atoms with Crippen LogP contribution in [0.2, 0.25) is 5.02 Å². The lowest BCUT2D eigenvalue weighted by Gasteiger charge is -2.19. The Hall–Kier alpha value is -1.63. The molecule has 39 heavy (non-hydrogen) atoms. The average molecular weight is 638 g/mol. The number of hydrogen-bond donors (Lipinski definition) is 1. The molecule has 0 unspecified atom stereocenters. The molecule has 0 atom stereocenters. The summed E-state index contributed by atoms with van der Waals surface area (Å²) in [7, 11) is 0. The van der Waals surface area contributed by atoms with Crippen molar-refractivity contribution >= 4 is 51.9 Å². The van der Waals surface area contributed by atoms with E-state index in [-0.39, 0.29) is 22.9 Å². The Morgan fingerprint density at radius 1 is 0.923 bits per heavy atom. The maximum Gasteiger partial charge on any atom is 0.255 e. The van der Waals surface area contributed by atoms with Crippen molar-refractivity contribution in [2.24, 2.45) is 0 Å². The van der Waals surface area contributed by atoms with Crippen LogP contribution in [-0.4, -0.2) is 23.3 Å². The van der Waals surface area contributed by atoms with Crippen LogP contribution in [0.25, 0.3) is 0 Å². The molecule has 0 saturated heterocycles. The standard InChI is InChI=1S/C32H45ClN2O2S.BrH/c1-3-4-5-6-7-8-9-10-11-12-13-14-21-37-31-22-29(33)19-20-30(31)34-32(36)28-17-15-27(16-18-28)23-35-25-38-24-26(35)2;/h15-20,22,24H,3-14,21,23,25H2,1-2H3,(H,34,36);1H. The Balaban J connectivity index is 0.00000533. The van der Waals surface area contributed by atoms with E-state index in [2.05, 4.69) is 29.5 Å². The van der Waals surface area contributed by atoms with Crippen LogP contribution in [0, 0.1) is 0 Å². The molecule has 1 N–H and O–H groups in total. The number of allylic oxidation sites excluding steroid dienone is 1. The van der Waals surface area contributed by atoms with Crippen molar-refractivity contribution in [3.63, 3.8) is 0 Å². The zero-order valence-corrected chi connectivity index (χ0v) is 27.0. The van der Waals surface area contributed by atoms with E-state index in [1.54, 1.807) is 12.1 Å². The fourth-order valence-corrected chi connectivity index (χ4v) is 5.72. The minimum atomic E-state index is -0.151. The van der Waals surface area contributed by atoms with Gasteiger partial charge < -0.3 is 15.0 Å². The SMILES string of the molecule is Br.CCCCCCCCCCCCCCOc1cc(Cl)ccc1NC(=O)c1ccc(CN2CSC=C2C)cc1. The molecule has 0 bridgehead atoms. The first-order chi connectivity index (χ1) is 18.6. The molecule has 7 heteroatoms. The van der Waals surface area contributed by atoms with E-state index >= 15 is 0 Å². The van der Waals surface area contributed by atoms with Crippen molar-refractivity contribution in [1.29, 1.82) is 0 Å². The minimum Gasteiger partial charge on any atom is -0.491 e. The van der Waals surface area contributed by atoms with Crippen LogP contribution in [0.15, 0.2) is 53.6 Å². The van der Waals surface area contributed by atoms with Gasteiger partial charge in [0.15, 0.2) is 0 Å². The summed E-state index contributed by atoms with van der Waals surface area (Å²) in [5.74, 6) is 1.45. The summed E-state index contributed by atoms with van der Waals surface area (Å²) in [4.78, 5) is 15.3. The van der Waals surface area contributed by atoms with Crippen LogP contribution in [0.4, 0.5) is 5.69 Å². The first kappa shape index (κ1) is 33.6. The van der Waals surface area contributed by atoms with Crippen LogP contribution in [-0.2, 0) is 6.54 Å². The van der Waals surface area contributed by atoms with Crippen molar-refractivity contribution in [2.45, 2.75) is 97.4 Å². The van der Waals surface area contributed by atoms with Gasteiger partial charge in [-0.2, -0.15) is 0 Å². The molecule has 0 radical (unpaired) electrons. The molecule has 0 spiro atoms. The summed E-state index contributed by atoms with van der Waals surface area (Å²) >= 11 is 8.04. The highest BCUT2D eigenvalue weighted by Crippen LogP contribution is 2.29. The second-order valence-electron chi connectivity index (χ2n) is 10.3. The third-order valence-corrected chi connectivity index (χ3v) is 8.22. The number of benzene rings is 2. The summed E-state index contributed by atoms with van der Waals surface area (Å²) < 4.78 is 6.04. The topological polar surface area (TPSA) is 41.6 Å². The number of rotatable bonds is 18. The molecule has 216 valence electrons. The zero-order valence-electron chi connectivity index (χ0n) is 23.7. The molecule has 0 aliphatic carbocycles. The number of hydrogen-bond acceptors (Lipinski definition) is 4. The minimum absolute atomic E-state index is 0. The second kappa shape index (κ2) is 19.4. The van der Waals surface area contributed by atoms with Gasteiger partial charge >= 0.3 is 0 Å². The number of nitrogens with zero attached hydrogens (tertiary/aromatic N) is 1. The molecule has 1 aliphatic heterocycles. The van der Waals surface area contributed by atoms with Crippen molar-refractivity contribution in [3.8, 4) is 5.75 Å². The molecule has 1 heterocycles. The molecule has 0 saturated carbocycles. The van der Waals surface area contributed by atoms with E-state index in [1.165, 1.54) is 75.5 Å². The van der Waals surface area contributed by atoms with Gasteiger partial charge in [-0.05, 0) is 48.6 Å². The first-order valence-corrected chi connectivity index (χ1v) is 15.9. The van der Waals surface area contributed by atoms with Gasteiger partial charge in [-0.25, -0.2) is 0 Å². The Bertz CT molecular complexity index is 1020. The smallest absolute Gasteiger partial charge is 0.255 e. The number of thioether (sulfide) groups is 1. The van der Waals surface area contributed by atoms with E-state index < -0.39 is 0 Å². The molecule has 3 rings (SSSR count). The number of unbranched alkanes of at least 4 members (excludes halogenated alkanes) is 11. The molecule has 4 nitrogen and oxygen atoms in total. The van der Waals surface area contributed by atoms with Crippen LogP contribution in [0.3, 0.4) is 0 Å². The Labute approximate surface area is 256 Å². The number of amides is 1. The molecule has 1 aliphatic rings. The normalized spacial score (nSPS) is 12.7. The first-order valence-electron chi connectivity index (χ1n) is 14.4. The maximum absolute atomic E-state index is 12.9. The number of ether oxygens (including phenoxy) is 1. The van der Waals surface area contributed by atoms with Crippen molar-refractivity contribution in [2.75, 3.05) is 17.8 Å². The molecule has 0 aromatic heterocycles. The van der Waals surface area contributed by atoms with Gasteiger partial charge in [0.1, 0.15) is 5.75 Å². The van der Waals surface area contributed by atoms with Gasteiger partial charge in [0.2, 0.25) is 0 Å². The highest BCUT2D eigenvalue weighted by atomic mass is 79.9. The molecule has 0 fully saturated rings. The van der Waals surface area contributed by atoms with Crippen LogP contribution >= 0.6 is 40.3 Å². The van der Waals surface area contributed by atoms with Crippen molar-refractivity contribution in [3.05, 3.63) is 69.7 Å². The fraction of sp³-hybridized carbons (Fsp3) is 0.531. The lowest BCUT2D eigenvalue weighted by Crippen LogP contribution is -2.17. The fourth-order valence-electron chi connectivity index (χ4n) is 4.61. The van der Waals surface area contributed by atoms with Gasteiger partial charge in [0.25, 0.3) is 5.91 Å². The number of nitrogens with one attached hydrogen (secondary N) is 1.